The monoisotopic (exact) mass is 296 g/mol. The minimum atomic E-state index is -0.367. The highest BCUT2D eigenvalue weighted by molar-refractivity contribution is 5.60. The molecule has 1 aromatic rings. The van der Waals surface area contributed by atoms with Crippen molar-refractivity contribution in [3.8, 4) is 0 Å². The van der Waals surface area contributed by atoms with Crippen molar-refractivity contribution in [1.82, 2.24) is 9.13 Å². The highest BCUT2D eigenvalue weighted by atomic mass is 16.2. The van der Waals surface area contributed by atoms with Crippen LogP contribution in [0.15, 0.2) is 9.59 Å². The Morgan fingerprint density at radius 2 is 1.71 bits per heavy atom. The molecule has 0 saturated heterocycles. The van der Waals surface area contributed by atoms with Gasteiger partial charge in [0.1, 0.15) is 11.5 Å². The molecule has 0 bridgehead atoms. The van der Waals surface area contributed by atoms with E-state index in [1.807, 2.05) is 13.8 Å². The molecule has 0 fully saturated rings. The van der Waals surface area contributed by atoms with Gasteiger partial charge < -0.3 is 11.1 Å². The predicted molar refractivity (Wildman–Crippen MR) is 87.7 cm³/mol. The third-order valence-electron chi connectivity index (χ3n) is 3.87. The Kier molecular flexibility index (Phi) is 5.63. The molecular weight excluding hydrogens is 268 g/mol. The largest absolute Gasteiger partial charge is 0.383 e. The van der Waals surface area contributed by atoms with E-state index >= 15 is 0 Å². The second-order valence-electron chi connectivity index (χ2n) is 6.51. The predicted octanol–water partition coefficient (Wildman–Crippen LogP) is 1.49. The molecule has 0 amide bonds. The lowest BCUT2D eigenvalue weighted by Crippen LogP contribution is -2.41. The van der Waals surface area contributed by atoms with E-state index in [2.05, 4.69) is 26.1 Å². The van der Waals surface area contributed by atoms with Crippen molar-refractivity contribution < 1.29 is 0 Å². The minimum Gasteiger partial charge on any atom is -0.383 e. The van der Waals surface area contributed by atoms with Crippen LogP contribution < -0.4 is 22.3 Å². The Bertz CT molecular complexity index is 599. The molecule has 1 heterocycles. The first kappa shape index (κ1) is 17.3. The Balaban J connectivity index is 3.23. The van der Waals surface area contributed by atoms with Gasteiger partial charge in [0.15, 0.2) is 0 Å². The van der Waals surface area contributed by atoms with Crippen LogP contribution in [0.25, 0.3) is 0 Å². The lowest BCUT2D eigenvalue weighted by atomic mass is 9.98. The number of nitrogens with two attached hydrogens (primary N) is 1. The van der Waals surface area contributed by atoms with E-state index in [1.54, 1.807) is 0 Å². The van der Waals surface area contributed by atoms with Crippen molar-refractivity contribution in [3.63, 3.8) is 0 Å². The molecular formula is C15H28N4O2. The van der Waals surface area contributed by atoms with Gasteiger partial charge in [0, 0.05) is 20.1 Å². The van der Waals surface area contributed by atoms with Crippen molar-refractivity contribution >= 4 is 11.5 Å². The Morgan fingerprint density at radius 3 is 2.19 bits per heavy atom. The molecule has 6 heteroatoms. The molecule has 0 spiro atoms. The number of hydrogen-bond acceptors (Lipinski definition) is 4. The van der Waals surface area contributed by atoms with Crippen LogP contribution in [-0.4, -0.2) is 15.7 Å². The molecule has 0 saturated carbocycles. The molecule has 0 radical (unpaired) electrons. The number of anilines is 2. The molecule has 1 rings (SSSR count). The van der Waals surface area contributed by atoms with Crippen molar-refractivity contribution in [3.05, 3.63) is 20.8 Å². The van der Waals surface area contributed by atoms with Gasteiger partial charge in [0.25, 0.3) is 5.56 Å². The van der Waals surface area contributed by atoms with Gasteiger partial charge in [0.05, 0.1) is 0 Å². The maximum Gasteiger partial charge on any atom is 0.332 e. The van der Waals surface area contributed by atoms with Gasteiger partial charge in [-0.2, -0.15) is 0 Å². The number of nitrogens with one attached hydrogen (secondary N) is 1. The summed E-state index contributed by atoms with van der Waals surface area (Å²) in [5.74, 6) is 1.40. The molecule has 0 aliphatic carbocycles. The van der Waals surface area contributed by atoms with Gasteiger partial charge in [-0.1, -0.05) is 34.6 Å². The number of nitrogen functional groups attached to an aromatic ring is 1. The topological polar surface area (TPSA) is 82.0 Å². The summed E-state index contributed by atoms with van der Waals surface area (Å²) in [4.78, 5) is 24.4. The lowest BCUT2D eigenvalue weighted by molar-refractivity contribution is 0.439. The van der Waals surface area contributed by atoms with Gasteiger partial charge in [-0.3, -0.25) is 13.9 Å². The van der Waals surface area contributed by atoms with E-state index in [1.165, 1.54) is 11.6 Å². The van der Waals surface area contributed by atoms with E-state index in [-0.39, 0.29) is 23.0 Å². The number of rotatable bonds is 6. The summed E-state index contributed by atoms with van der Waals surface area (Å²) >= 11 is 0. The van der Waals surface area contributed by atoms with E-state index < -0.39 is 0 Å². The summed E-state index contributed by atoms with van der Waals surface area (Å²) in [5, 5.41) is 3.13. The van der Waals surface area contributed by atoms with Crippen LogP contribution in [0.3, 0.4) is 0 Å². The fourth-order valence-corrected chi connectivity index (χ4v) is 1.99. The fourth-order valence-electron chi connectivity index (χ4n) is 1.99. The van der Waals surface area contributed by atoms with Gasteiger partial charge in [0.2, 0.25) is 0 Å². The maximum absolute atomic E-state index is 12.2. The Labute approximate surface area is 126 Å². The molecule has 0 aromatic carbocycles. The molecule has 21 heavy (non-hydrogen) atoms. The standard InChI is InChI=1S/C15H28N4O2/c1-9(2)8-19-13(16)12(14(20)18(6)15(19)21)17-7-11(5)10(3)4/h9-11,17H,7-8,16H2,1-6H3. The highest BCUT2D eigenvalue weighted by Gasteiger charge is 2.17. The van der Waals surface area contributed by atoms with Crippen LogP contribution >= 0.6 is 0 Å². The van der Waals surface area contributed by atoms with E-state index in [0.29, 0.717) is 30.6 Å². The molecule has 0 aliphatic heterocycles. The molecule has 3 N–H and O–H groups in total. The second kappa shape index (κ2) is 6.83. The normalized spacial score (nSPS) is 13.0. The Hall–Kier alpha value is -1.72. The first-order valence-corrected chi connectivity index (χ1v) is 7.49. The van der Waals surface area contributed by atoms with Crippen molar-refractivity contribution in [2.24, 2.45) is 24.8 Å². The average Bonchev–Trinajstić information content (AvgIpc) is 2.40. The Morgan fingerprint density at radius 1 is 1.14 bits per heavy atom. The summed E-state index contributed by atoms with van der Waals surface area (Å²) in [6, 6.07) is 0. The third kappa shape index (κ3) is 3.89. The zero-order chi connectivity index (χ0) is 16.3. The molecule has 1 atom stereocenters. The molecule has 1 unspecified atom stereocenters. The average molecular weight is 296 g/mol. The minimum absolute atomic E-state index is 0.229. The van der Waals surface area contributed by atoms with Crippen LogP contribution in [0.4, 0.5) is 11.5 Å². The van der Waals surface area contributed by atoms with E-state index in [4.69, 9.17) is 5.73 Å². The highest BCUT2D eigenvalue weighted by Crippen LogP contribution is 2.15. The summed E-state index contributed by atoms with van der Waals surface area (Å²) in [6.45, 7) is 11.5. The second-order valence-corrected chi connectivity index (χ2v) is 6.51. The zero-order valence-corrected chi connectivity index (χ0v) is 13.9. The number of nitrogens with zero attached hydrogens (tertiary/aromatic N) is 2. The van der Waals surface area contributed by atoms with Crippen LogP contribution in [0, 0.1) is 17.8 Å². The van der Waals surface area contributed by atoms with E-state index in [9.17, 15) is 9.59 Å². The third-order valence-corrected chi connectivity index (χ3v) is 3.87. The first-order valence-electron chi connectivity index (χ1n) is 7.49. The molecule has 6 nitrogen and oxygen atoms in total. The van der Waals surface area contributed by atoms with Gasteiger partial charge >= 0.3 is 5.69 Å². The number of aromatic nitrogens is 2. The maximum atomic E-state index is 12.2. The summed E-state index contributed by atoms with van der Waals surface area (Å²) in [7, 11) is 1.48. The zero-order valence-electron chi connectivity index (χ0n) is 13.9. The summed E-state index contributed by atoms with van der Waals surface area (Å²) < 4.78 is 2.58. The van der Waals surface area contributed by atoms with Gasteiger partial charge in [-0.25, -0.2) is 4.79 Å². The van der Waals surface area contributed by atoms with Crippen LogP contribution in [0.1, 0.15) is 34.6 Å². The van der Waals surface area contributed by atoms with Crippen LogP contribution in [0.5, 0.6) is 0 Å². The van der Waals surface area contributed by atoms with Crippen LogP contribution in [0.2, 0.25) is 0 Å². The lowest BCUT2D eigenvalue weighted by Gasteiger charge is -2.20. The smallest absolute Gasteiger partial charge is 0.332 e. The molecule has 120 valence electrons. The summed E-state index contributed by atoms with van der Waals surface area (Å²) in [6.07, 6.45) is 0. The number of hydrogen-bond donors (Lipinski definition) is 2. The SMILES string of the molecule is CC(C)Cn1c(N)c(NCC(C)C(C)C)c(=O)n(C)c1=O. The van der Waals surface area contributed by atoms with Crippen molar-refractivity contribution in [2.45, 2.75) is 41.2 Å². The van der Waals surface area contributed by atoms with Crippen LogP contribution in [-0.2, 0) is 13.6 Å². The first-order chi connectivity index (χ1) is 9.66. The quantitative estimate of drug-likeness (QED) is 0.833. The fraction of sp³-hybridized carbons (Fsp3) is 0.733. The van der Waals surface area contributed by atoms with Gasteiger partial charge in [-0.15, -0.1) is 0 Å². The van der Waals surface area contributed by atoms with Crippen molar-refractivity contribution in [2.75, 3.05) is 17.6 Å². The molecule has 0 aliphatic rings. The summed E-state index contributed by atoms with van der Waals surface area (Å²) in [5.41, 5.74) is 5.64. The van der Waals surface area contributed by atoms with Gasteiger partial charge in [-0.05, 0) is 17.8 Å². The molecule has 1 aromatic heterocycles. The van der Waals surface area contributed by atoms with E-state index in [0.717, 1.165) is 4.57 Å². The van der Waals surface area contributed by atoms with Crippen molar-refractivity contribution in [1.29, 1.82) is 0 Å².